The molecule has 0 heterocycles. The van der Waals surface area contributed by atoms with Gasteiger partial charge >= 0.3 is 0 Å². The van der Waals surface area contributed by atoms with Crippen molar-refractivity contribution >= 4 is 34.6 Å². The second-order valence-electron chi connectivity index (χ2n) is 3.78. The third-order valence-corrected chi connectivity index (χ3v) is 2.77. The molecule has 0 aliphatic heterocycles. The summed E-state index contributed by atoms with van der Waals surface area (Å²) < 4.78 is 0. The van der Waals surface area contributed by atoms with E-state index in [0.29, 0.717) is 27.6 Å². The second-order valence-corrected chi connectivity index (χ2v) is 4.19. The van der Waals surface area contributed by atoms with Gasteiger partial charge < -0.3 is 16.8 Å². The van der Waals surface area contributed by atoms with E-state index in [1.807, 2.05) is 0 Å². The zero-order chi connectivity index (χ0) is 13.1. The van der Waals surface area contributed by atoms with Gasteiger partial charge in [-0.15, -0.1) is 0 Å². The molecular weight excluding hydrogens is 250 g/mol. The summed E-state index contributed by atoms with van der Waals surface area (Å²) in [6.45, 7) is 0. The van der Waals surface area contributed by atoms with E-state index in [-0.39, 0.29) is 5.91 Å². The Morgan fingerprint density at radius 1 is 1.11 bits per heavy atom. The second kappa shape index (κ2) is 4.98. The van der Waals surface area contributed by atoms with Crippen molar-refractivity contribution < 1.29 is 4.79 Å². The lowest BCUT2D eigenvalue weighted by molar-refractivity contribution is 0.102. The first-order chi connectivity index (χ1) is 8.58. The summed E-state index contributed by atoms with van der Waals surface area (Å²) in [4.78, 5) is 12.0. The number of halogens is 1. The van der Waals surface area contributed by atoms with Crippen LogP contribution >= 0.6 is 11.6 Å². The number of hydrogen-bond acceptors (Lipinski definition) is 3. The SMILES string of the molecule is Nc1ccc(Cl)c(C(=O)Nc2ccccc2N)c1. The smallest absolute Gasteiger partial charge is 0.257 e. The molecule has 0 aromatic heterocycles. The summed E-state index contributed by atoms with van der Waals surface area (Å²) in [5.41, 5.74) is 13.2. The van der Waals surface area contributed by atoms with Crippen molar-refractivity contribution in [3.63, 3.8) is 0 Å². The molecule has 0 aliphatic rings. The molecule has 0 unspecified atom stereocenters. The van der Waals surface area contributed by atoms with Gasteiger partial charge in [0.05, 0.1) is 22.0 Å². The van der Waals surface area contributed by atoms with Crippen LogP contribution in [0.4, 0.5) is 17.1 Å². The molecule has 0 atom stereocenters. The van der Waals surface area contributed by atoms with Crippen LogP contribution in [-0.2, 0) is 0 Å². The van der Waals surface area contributed by atoms with Gasteiger partial charge in [-0.25, -0.2) is 0 Å². The van der Waals surface area contributed by atoms with Gasteiger partial charge in [0, 0.05) is 5.69 Å². The first-order valence-electron chi connectivity index (χ1n) is 5.29. The highest BCUT2D eigenvalue weighted by Gasteiger charge is 2.11. The lowest BCUT2D eigenvalue weighted by atomic mass is 10.1. The van der Waals surface area contributed by atoms with E-state index < -0.39 is 0 Å². The number of nitrogens with one attached hydrogen (secondary N) is 1. The molecule has 0 radical (unpaired) electrons. The Morgan fingerprint density at radius 2 is 1.83 bits per heavy atom. The Morgan fingerprint density at radius 3 is 2.56 bits per heavy atom. The minimum absolute atomic E-state index is 0.319. The first kappa shape index (κ1) is 12.3. The monoisotopic (exact) mass is 261 g/mol. The van der Waals surface area contributed by atoms with E-state index in [1.165, 1.54) is 6.07 Å². The van der Waals surface area contributed by atoms with Gasteiger partial charge in [0.2, 0.25) is 0 Å². The normalized spacial score (nSPS) is 10.1. The number of nitrogens with two attached hydrogens (primary N) is 2. The van der Waals surface area contributed by atoms with E-state index in [4.69, 9.17) is 23.1 Å². The molecule has 0 spiro atoms. The summed E-state index contributed by atoms with van der Waals surface area (Å²) in [7, 11) is 0. The molecule has 2 aromatic rings. The van der Waals surface area contributed by atoms with E-state index in [2.05, 4.69) is 5.32 Å². The molecule has 0 bridgehead atoms. The van der Waals surface area contributed by atoms with Crippen LogP contribution < -0.4 is 16.8 Å². The van der Waals surface area contributed by atoms with Crippen molar-refractivity contribution in [2.24, 2.45) is 0 Å². The number of hydrogen-bond donors (Lipinski definition) is 3. The van der Waals surface area contributed by atoms with Crippen molar-refractivity contribution in [3.8, 4) is 0 Å². The Hall–Kier alpha value is -2.20. The van der Waals surface area contributed by atoms with E-state index in [0.717, 1.165) is 0 Å². The molecule has 0 saturated carbocycles. The minimum Gasteiger partial charge on any atom is -0.399 e. The van der Waals surface area contributed by atoms with Gasteiger partial charge in [-0.3, -0.25) is 4.79 Å². The predicted molar refractivity (Wildman–Crippen MR) is 74.7 cm³/mol. The maximum absolute atomic E-state index is 12.0. The number of benzene rings is 2. The average molecular weight is 262 g/mol. The fourth-order valence-corrected chi connectivity index (χ4v) is 1.72. The van der Waals surface area contributed by atoms with Crippen molar-refractivity contribution in [2.45, 2.75) is 0 Å². The van der Waals surface area contributed by atoms with Crippen LogP contribution in [0.1, 0.15) is 10.4 Å². The van der Waals surface area contributed by atoms with Gasteiger partial charge in [0.1, 0.15) is 0 Å². The fourth-order valence-electron chi connectivity index (χ4n) is 1.52. The van der Waals surface area contributed by atoms with Crippen LogP contribution in [0.2, 0.25) is 5.02 Å². The van der Waals surface area contributed by atoms with Gasteiger partial charge in [-0.05, 0) is 30.3 Å². The molecule has 0 aliphatic carbocycles. The minimum atomic E-state index is -0.342. The third kappa shape index (κ3) is 2.55. The van der Waals surface area contributed by atoms with E-state index >= 15 is 0 Å². The zero-order valence-corrected chi connectivity index (χ0v) is 10.2. The highest BCUT2D eigenvalue weighted by atomic mass is 35.5. The van der Waals surface area contributed by atoms with E-state index in [9.17, 15) is 4.79 Å². The van der Waals surface area contributed by atoms with Gasteiger partial charge in [-0.1, -0.05) is 23.7 Å². The third-order valence-electron chi connectivity index (χ3n) is 2.44. The lowest BCUT2D eigenvalue weighted by Crippen LogP contribution is -2.14. The Labute approximate surface area is 110 Å². The van der Waals surface area contributed by atoms with Crippen molar-refractivity contribution in [1.29, 1.82) is 0 Å². The molecule has 0 saturated heterocycles. The number of carbonyl (C=O) groups is 1. The number of anilines is 3. The molecule has 4 nitrogen and oxygen atoms in total. The highest BCUT2D eigenvalue weighted by molar-refractivity contribution is 6.34. The van der Waals surface area contributed by atoms with E-state index in [1.54, 1.807) is 36.4 Å². The molecule has 18 heavy (non-hydrogen) atoms. The predicted octanol–water partition coefficient (Wildman–Crippen LogP) is 2.76. The Kier molecular flexibility index (Phi) is 3.39. The summed E-state index contributed by atoms with van der Waals surface area (Å²) in [6, 6.07) is 11.7. The standard InChI is InChI=1S/C13H12ClN3O/c14-10-6-5-8(15)7-9(10)13(18)17-12-4-2-1-3-11(12)16/h1-7H,15-16H2,(H,17,18). The Balaban J connectivity index is 2.28. The van der Waals surface area contributed by atoms with Gasteiger partial charge in [0.25, 0.3) is 5.91 Å². The molecule has 2 rings (SSSR count). The number of amides is 1. The number of rotatable bonds is 2. The number of nitrogen functional groups attached to an aromatic ring is 2. The maximum Gasteiger partial charge on any atom is 0.257 e. The maximum atomic E-state index is 12.0. The first-order valence-corrected chi connectivity index (χ1v) is 5.66. The number of carbonyl (C=O) groups excluding carboxylic acids is 1. The number of para-hydroxylation sites is 2. The average Bonchev–Trinajstić information content (AvgIpc) is 2.35. The summed E-state index contributed by atoms with van der Waals surface area (Å²) in [5.74, 6) is -0.342. The van der Waals surface area contributed by atoms with Gasteiger partial charge in [-0.2, -0.15) is 0 Å². The summed E-state index contributed by atoms with van der Waals surface area (Å²) >= 11 is 5.95. The molecule has 0 fully saturated rings. The molecule has 1 amide bonds. The van der Waals surface area contributed by atoms with Crippen molar-refractivity contribution in [3.05, 3.63) is 53.1 Å². The Bertz CT molecular complexity index is 599. The zero-order valence-electron chi connectivity index (χ0n) is 9.48. The topological polar surface area (TPSA) is 81.1 Å². The van der Waals surface area contributed by atoms with Crippen LogP contribution in [0, 0.1) is 0 Å². The highest BCUT2D eigenvalue weighted by Crippen LogP contribution is 2.22. The van der Waals surface area contributed by atoms with Crippen molar-refractivity contribution in [2.75, 3.05) is 16.8 Å². The van der Waals surface area contributed by atoms with Crippen LogP contribution in [0.15, 0.2) is 42.5 Å². The molecule has 5 heteroatoms. The van der Waals surface area contributed by atoms with Crippen LogP contribution in [0.5, 0.6) is 0 Å². The van der Waals surface area contributed by atoms with Crippen LogP contribution in [-0.4, -0.2) is 5.91 Å². The lowest BCUT2D eigenvalue weighted by Gasteiger charge is -2.09. The molecule has 92 valence electrons. The van der Waals surface area contributed by atoms with Gasteiger partial charge in [0.15, 0.2) is 0 Å². The van der Waals surface area contributed by atoms with Crippen LogP contribution in [0.3, 0.4) is 0 Å². The van der Waals surface area contributed by atoms with Crippen LogP contribution in [0.25, 0.3) is 0 Å². The molecular formula is C13H12ClN3O. The molecule has 2 aromatic carbocycles. The summed E-state index contributed by atoms with van der Waals surface area (Å²) in [6.07, 6.45) is 0. The fraction of sp³-hybridized carbons (Fsp3) is 0. The van der Waals surface area contributed by atoms with Crippen molar-refractivity contribution in [1.82, 2.24) is 0 Å². The summed E-state index contributed by atoms with van der Waals surface area (Å²) in [5, 5.41) is 3.03. The quantitative estimate of drug-likeness (QED) is 0.727. The molecule has 5 N–H and O–H groups in total. The largest absolute Gasteiger partial charge is 0.399 e.